The summed E-state index contributed by atoms with van der Waals surface area (Å²) in [5, 5.41) is 0. The van der Waals surface area contributed by atoms with Crippen molar-refractivity contribution in [2.45, 2.75) is 6.92 Å². The molecule has 0 radical (unpaired) electrons. The monoisotopic (exact) mass is 235 g/mol. The number of carbonyl (C=O) groups is 1. The van der Waals surface area contributed by atoms with Crippen molar-refractivity contribution >= 4 is 5.91 Å². The fraction of sp³-hybridized carbons (Fsp3) is 0.500. The Balaban J connectivity index is 2.07. The molecule has 0 bridgehead atoms. The van der Waals surface area contributed by atoms with Gasteiger partial charge in [0.2, 0.25) is 0 Å². The van der Waals surface area contributed by atoms with Crippen molar-refractivity contribution in [1.29, 1.82) is 0 Å². The molecule has 0 unspecified atom stereocenters. The molecule has 17 heavy (non-hydrogen) atoms. The summed E-state index contributed by atoms with van der Waals surface area (Å²) >= 11 is 0. The van der Waals surface area contributed by atoms with Gasteiger partial charge in [-0.05, 0) is 18.7 Å². The highest BCUT2D eigenvalue weighted by atomic mass is 16.2. The molecule has 2 rings (SSSR count). The van der Waals surface area contributed by atoms with Crippen LogP contribution >= 0.6 is 0 Å². The van der Waals surface area contributed by atoms with Gasteiger partial charge in [-0.2, -0.15) is 0 Å². The molecule has 1 fully saturated rings. The number of aromatic amines is 1. The number of rotatable bonds is 2. The molecule has 1 N–H and O–H groups in total. The van der Waals surface area contributed by atoms with Gasteiger partial charge in [0.05, 0.1) is 0 Å². The Labute approximate surface area is 100 Å². The first-order valence-electron chi connectivity index (χ1n) is 5.91. The minimum atomic E-state index is -0.310. The molecule has 1 aromatic heterocycles. The number of hydrogen-bond donors (Lipinski definition) is 1. The Morgan fingerprint density at radius 3 is 2.65 bits per heavy atom. The van der Waals surface area contributed by atoms with Gasteiger partial charge >= 0.3 is 0 Å². The molecule has 0 saturated carbocycles. The van der Waals surface area contributed by atoms with Crippen molar-refractivity contribution < 1.29 is 4.79 Å². The third kappa shape index (κ3) is 2.55. The van der Waals surface area contributed by atoms with E-state index in [1.807, 2.05) is 0 Å². The highest BCUT2D eigenvalue weighted by Gasteiger charge is 2.22. The molecule has 1 saturated heterocycles. The Bertz CT molecular complexity index is 447. The lowest BCUT2D eigenvalue weighted by molar-refractivity contribution is 0.0641. The van der Waals surface area contributed by atoms with Crippen LogP contribution in [0.5, 0.6) is 0 Å². The van der Waals surface area contributed by atoms with Crippen molar-refractivity contribution in [3.05, 3.63) is 34.2 Å². The third-order valence-corrected chi connectivity index (χ3v) is 3.16. The molecule has 92 valence electrons. The highest BCUT2D eigenvalue weighted by molar-refractivity contribution is 5.93. The zero-order valence-corrected chi connectivity index (χ0v) is 9.98. The van der Waals surface area contributed by atoms with E-state index in [4.69, 9.17) is 0 Å². The zero-order valence-electron chi connectivity index (χ0n) is 9.98. The minimum absolute atomic E-state index is 0.164. The third-order valence-electron chi connectivity index (χ3n) is 3.16. The fourth-order valence-corrected chi connectivity index (χ4v) is 2.03. The van der Waals surface area contributed by atoms with E-state index in [-0.39, 0.29) is 17.0 Å². The standard InChI is InChI=1S/C12H17N3O2/c1-2-14-6-8-15(9-7-14)12(17)10-4-3-5-13-11(10)16/h3-5H,2,6-9H2,1H3,(H,13,16). The summed E-state index contributed by atoms with van der Waals surface area (Å²) in [6.07, 6.45) is 1.54. The van der Waals surface area contributed by atoms with E-state index in [1.54, 1.807) is 17.0 Å². The van der Waals surface area contributed by atoms with Gasteiger partial charge < -0.3 is 14.8 Å². The molecular formula is C12H17N3O2. The average Bonchev–Trinajstić information content (AvgIpc) is 2.39. The van der Waals surface area contributed by atoms with Crippen LogP contribution in [0.2, 0.25) is 0 Å². The molecule has 1 aromatic rings. The van der Waals surface area contributed by atoms with E-state index in [1.165, 1.54) is 6.20 Å². The van der Waals surface area contributed by atoms with Crippen molar-refractivity contribution in [1.82, 2.24) is 14.8 Å². The topological polar surface area (TPSA) is 56.4 Å². The molecule has 0 aromatic carbocycles. The first kappa shape index (κ1) is 11.9. The molecule has 1 amide bonds. The molecule has 0 aliphatic carbocycles. The Morgan fingerprint density at radius 2 is 2.06 bits per heavy atom. The van der Waals surface area contributed by atoms with E-state index in [2.05, 4.69) is 16.8 Å². The second-order valence-electron chi connectivity index (χ2n) is 4.14. The van der Waals surface area contributed by atoms with Crippen LogP contribution in [0.3, 0.4) is 0 Å². The van der Waals surface area contributed by atoms with E-state index >= 15 is 0 Å². The quantitative estimate of drug-likeness (QED) is 0.794. The number of hydrogen-bond acceptors (Lipinski definition) is 3. The van der Waals surface area contributed by atoms with E-state index < -0.39 is 0 Å². The fourth-order valence-electron chi connectivity index (χ4n) is 2.03. The lowest BCUT2D eigenvalue weighted by Crippen LogP contribution is -2.49. The Morgan fingerprint density at radius 1 is 1.35 bits per heavy atom. The van der Waals surface area contributed by atoms with Crippen LogP contribution in [0.15, 0.2) is 23.1 Å². The predicted octanol–water partition coefficient (Wildman–Crippen LogP) is 0.153. The second kappa shape index (κ2) is 5.14. The summed E-state index contributed by atoms with van der Waals surface area (Å²) in [5.41, 5.74) is -0.0760. The van der Waals surface area contributed by atoms with Gasteiger partial charge in [-0.1, -0.05) is 6.92 Å². The zero-order chi connectivity index (χ0) is 12.3. The number of amides is 1. The van der Waals surface area contributed by atoms with Gasteiger partial charge in [-0.15, -0.1) is 0 Å². The van der Waals surface area contributed by atoms with Crippen molar-refractivity contribution in [3.8, 4) is 0 Å². The molecule has 1 aliphatic rings. The lowest BCUT2D eigenvalue weighted by Gasteiger charge is -2.33. The van der Waals surface area contributed by atoms with Crippen LogP contribution in [-0.2, 0) is 0 Å². The van der Waals surface area contributed by atoms with Crippen molar-refractivity contribution in [2.24, 2.45) is 0 Å². The maximum Gasteiger partial charge on any atom is 0.260 e. The van der Waals surface area contributed by atoms with Gasteiger partial charge in [-0.3, -0.25) is 9.59 Å². The first-order valence-corrected chi connectivity index (χ1v) is 5.91. The summed E-state index contributed by atoms with van der Waals surface area (Å²) in [6.45, 7) is 6.27. The summed E-state index contributed by atoms with van der Waals surface area (Å²) < 4.78 is 0. The molecule has 0 spiro atoms. The minimum Gasteiger partial charge on any atom is -0.336 e. The molecule has 2 heterocycles. The van der Waals surface area contributed by atoms with Gasteiger partial charge in [-0.25, -0.2) is 0 Å². The molecule has 5 heteroatoms. The number of nitrogens with one attached hydrogen (secondary N) is 1. The maximum absolute atomic E-state index is 12.1. The van der Waals surface area contributed by atoms with Crippen molar-refractivity contribution in [3.63, 3.8) is 0 Å². The molecular weight excluding hydrogens is 218 g/mol. The summed E-state index contributed by atoms with van der Waals surface area (Å²) in [6, 6.07) is 3.25. The number of pyridine rings is 1. The van der Waals surface area contributed by atoms with Crippen LogP contribution in [0, 0.1) is 0 Å². The molecule has 5 nitrogen and oxygen atoms in total. The molecule has 0 atom stereocenters. The number of likely N-dealkylation sites (N-methyl/N-ethyl adjacent to an activating group) is 1. The average molecular weight is 235 g/mol. The Hall–Kier alpha value is -1.62. The normalized spacial score (nSPS) is 17.1. The highest BCUT2D eigenvalue weighted by Crippen LogP contribution is 2.05. The van der Waals surface area contributed by atoms with Crippen LogP contribution in [0.1, 0.15) is 17.3 Å². The van der Waals surface area contributed by atoms with Gasteiger partial charge in [0.1, 0.15) is 5.56 Å². The van der Waals surface area contributed by atoms with Crippen LogP contribution in [0.4, 0.5) is 0 Å². The lowest BCUT2D eigenvalue weighted by atomic mass is 10.2. The summed E-state index contributed by atoms with van der Waals surface area (Å²) in [5.74, 6) is -0.164. The maximum atomic E-state index is 12.1. The number of nitrogens with zero attached hydrogens (tertiary/aromatic N) is 2. The number of H-pyrrole nitrogens is 1. The van der Waals surface area contributed by atoms with Crippen LogP contribution < -0.4 is 5.56 Å². The van der Waals surface area contributed by atoms with Gasteiger partial charge in [0.25, 0.3) is 11.5 Å². The summed E-state index contributed by atoms with van der Waals surface area (Å²) in [7, 11) is 0. The predicted molar refractivity (Wildman–Crippen MR) is 65.1 cm³/mol. The number of piperazine rings is 1. The SMILES string of the molecule is CCN1CCN(C(=O)c2ccc[nH]c2=O)CC1. The van der Waals surface area contributed by atoms with E-state index in [9.17, 15) is 9.59 Å². The van der Waals surface area contributed by atoms with Crippen LogP contribution in [0.25, 0.3) is 0 Å². The van der Waals surface area contributed by atoms with Gasteiger partial charge in [0, 0.05) is 32.4 Å². The van der Waals surface area contributed by atoms with E-state index in [0.717, 1.165) is 19.6 Å². The largest absolute Gasteiger partial charge is 0.336 e. The van der Waals surface area contributed by atoms with Crippen molar-refractivity contribution in [2.75, 3.05) is 32.7 Å². The first-order chi connectivity index (χ1) is 8.22. The van der Waals surface area contributed by atoms with Crippen LogP contribution in [-0.4, -0.2) is 53.4 Å². The number of aromatic nitrogens is 1. The number of carbonyl (C=O) groups excluding carboxylic acids is 1. The van der Waals surface area contributed by atoms with Gasteiger partial charge in [0.15, 0.2) is 0 Å². The second-order valence-corrected chi connectivity index (χ2v) is 4.14. The molecule has 1 aliphatic heterocycles. The smallest absolute Gasteiger partial charge is 0.260 e. The van der Waals surface area contributed by atoms with E-state index in [0.29, 0.717) is 13.1 Å². The summed E-state index contributed by atoms with van der Waals surface area (Å²) in [4.78, 5) is 30.2. The Kier molecular flexibility index (Phi) is 3.58.